The average Bonchev–Trinajstić information content (AvgIpc) is 3.01. The number of carbonyl (C=O) groups is 1. The standard InChI is InChI=1S/C19H27NO3/c1-5-20(6-2)16-10-19(3,4)11-17(16)23-14-7-8-15-13(9-14)12-22-18(15)21/h7-9,16-17H,5-6,10-12H2,1-4H3/t16-,17-/m1/s1. The second-order valence-electron chi connectivity index (χ2n) is 7.41. The molecule has 0 spiro atoms. The lowest BCUT2D eigenvalue weighted by Crippen LogP contribution is -2.42. The van der Waals surface area contributed by atoms with Crippen LogP contribution in [0.25, 0.3) is 0 Å². The van der Waals surface area contributed by atoms with Crippen molar-refractivity contribution in [3.63, 3.8) is 0 Å². The summed E-state index contributed by atoms with van der Waals surface area (Å²) in [7, 11) is 0. The van der Waals surface area contributed by atoms with Crippen LogP contribution in [0.2, 0.25) is 0 Å². The molecule has 4 heteroatoms. The highest BCUT2D eigenvalue weighted by Gasteiger charge is 2.43. The molecule has 126 valence electrons. The van der Waals surface area contributed by atoms with Crippen molar-refractivity contribution < 1.29 is 14.3 Å². The molecule has 0 unspecified atom stereocenters. The van der Waals surface area contributed by atoms with E-state index in [9.17, 15) is 4.79 Å². The first-order valence-electron chi connectivity index (χ1n) is 8.64. The lowest BCUT2D eigenvalue weighted by molar-refractivity contribution is 0.0535. The molecule has 1 aliphatic heterocycles. The molecule has 1 aromatic carbocycles. The van der Waals surface area contributed by atoms with Gasteiger partial charge >= 0.3 is 5.97 Å². The van der Waals surface area contributed by atoms with Crippen LogP contribution >= 0.6 is 0 Å². The van der Waals surface area contributed by atoms with E-state index in [4.69, 9.17) is 9.47 Å². The van der Waals surface area contributed by atoms with Crippen molar-refractivity contribution in [1.29, 1.82) is 0 Å². The fraction of sp³-hybridized carbons (Fsp3) is 0.632. The Morgan fingerprint density at radius 3 is 2.70 bits per heavy atom. The van der Waals surface area contributed by atoms with Crippen LogP contribution in [-0.2, 0) is 11.3 Å². The summed E-state index contributed by atoms with van der Waals surface area (Å²) in [6.07, 6.45) is 2.41. The van der Waals surface area contributed by atoms with Crippen LogP contribution < -0.4 is 4.74 Å². The van der Waals surface area contributed by atoms with Crippen LogP contribution in [-0.4, -0.2) is 36.1 Å². The minimum absolute atomic E-state index is 0.195. The molecule has 23 heavy (non-hydrogen) atoms. The Kier molecular flexibility index (Phi) is 4.37. The Morgan fingerprint density at radius 2 is 2.00 bits per heavy atom. The normalized spacial score (nSPS) is 25.5. The summed E-state index contributed by atoms with van der Waals surface area (Å²) < 4.78 is 11.4. The van der Waals surface area contributed by atoms with E-state index in [1.54, 1.807) is 0 Å². The molecule has 1 aliphatic carbocycles. The zero-order valence-electron chi connectivity index (χ0n) is 14.6. The summed E-state index contributed by atoms with van der Waals surface area (Å²) in [5.41, 5.74) is 1.90. The predicted octanol–water partition coefficient (Wildman–Crippen LogP) is 3.63. The number of fused-ring (bicyclic) bond motifs is 1. The third kappa shape index (κ3) is 3.23. The van der Waals surface area contributed by atoms with Crippen molar-refractivity contribution in [3.8, 4) is 5.75 Å². The lowest BCUT2D eigenvalue weighted by atomic mass is 9.91. The Balaban J connectivity index is 1.79. The highest BCUT2D eigenvalue weighted by Crippen LogP contribution is 2.41. The van der Waals surface area contributed by atoms with Crippen molar-refractivity contribution in [2.75, 3.05) is 13.1 Å². The quantitative estimate of drug-likeness (QED) is 0.777. The number of esters is 1. The topological polar surface area (TPSA) is 38.8 Å². The molecule has 2 aliphatic rings. The third-order valence-electron chi connectivity index (χ3n) is 5.17. The highest BCUT2D eigenvalue weighted by atomic mass is 16.5. The zero-order chi connectivity index (χ0) is 16.6. The molecule has 0 radical (unpaired) electrons. The van der Waals surface area contributed by atoms with Gasteiger partial charge in [-0.2, -0.15) is 0 Å². The highest BCUT2D eigenvalue weighted by molar-refractivity contribution is 5.93. The third-order valence-corrected chi connectivity index (χ3v) is 5.17. The van der Waals surface area contributed by atoms with E-state index in [1.807, 2.05) is 18.2 Å². The number of cyclic esters (lactones) is 1. The maximum atomic E-state index is 11.6. The Hall–Kier alpha value is -1.55. The summed E-state index contributed by atoms with van der Waals surface area (Å²) >= 11 is 0. The van der Waals surface area contributed by atoms with Crippen molar-refractivity contribution in [2.24, 2.45) is 5.41 Å². The molecule has 0 aromatic heterocycles. The first-order chi connectivity index (χ1) is 10.9. The van der Waals surface area contributed by atoms with E-state index in [1.165, 1.54) is 0 Å². The molecule has 2 atom stereocenters. The van der Waals surface area contributed by atoms with E-state index in [0.717, 1.165) is 37.2 Å². The zero-order valence-corrected chi connectivity index (χ0v) is 14.6. The molecule has 0 amide bonds. The van der Waals surface area contributed by atoms with Crippen LogP contribution in [0.4, 0.5) is 0 Å². The van der Waals surface area contributed by atoms with Gasteiger partial charge in [-0.1, -0.05) is 27.7 Å². The van der Waals surface area contributed by atoms with Gasteiger partial charge in [0.05, 0.1) is 5.56 Å². The van der Waals surface area contributed by atoms with Crippen molar-refractivity contribution in [2.45, 2.75) is 59.3 Å². The molecular weight excluding hydrogens is 290 g/mol. The van der Waals surface area contributed by atoms with Crippen LogP contribution in [0, 0.1) is 5.41 Å². The minimum Gasteiger partial charge on any atom is -0.489 e. The first-order valence-corrected chi connectivity index (χ1v) is 8.64. The van der Waals surface area contributed by atoms with Crippen molar-refractivity contribution in [3.05, 3.63) is 29.3 Å². The van der Waals surface area contributed by atoms with Gasteiger partial charge in [0, 0.05) is 11.6 Å². The van der Waals surface area contributed by atoms with Crippen LogP contribution in [0.15, 0.2) is 18.2 Å². The van der Waals surface area contributed by atoms with Gasteiger partial charge in [-0.3, -0.25) is 4.90 Å². The van der Waals surface area contributed by atoms with E-state index in [0.29, 0.717) is 23.6 Å². The summed E-state index contributed by atoms with van der Waals surface area (Å²) in [5.74, 6) is 0.622. The lowest BCUT2D eigenvalue weighted by Gasteiger charge is -2.31. The smallest absolute Gasteiger partial charge is 0.338 e. The number of nitrogens with zero attached hydrogens (tertiary/aromatic N) is 1. The molecule has 1 heterocycles. The van der Waals surface area contributed by atoms with E-state index in [-0.39, 0.29) is 12.1 Å². The number of benzene rings is 1. The van der Waals surface area contributed by atoms with Crippen molar-refractivity contribution in [1.82, 2.24) is 4.90 Å². The molecule has 1 fully saturated rings. The summed E-state index contributed by atoms with van der Waals surface area (Å²) in [6.45, 7) is 11.5. The molecule has 1 saturated carbocycles. The molecule has 3 rings (SSSR count). The molecule has 0 N–H and O–H groups in total. The Bertz CT molecular complexity index is 592. The number of rotatable bonds is 5. The number of hydrogen-bond donors (Lipinski definition) is 0. The van der Waals surface area contributed by atoms with Gasteiger partial charge in [0.2, 0.25) is 0 Å². The maximum absolute atomic E-state index is 11.6. The maximum Gasteiger partial charge on any atom is 0.338 e. The van der Waals surface area contributed by atoms with E-state index in [2.05, 4.69) is 32.6 Å². The van der Waals surface area contributed by atoms with Gasteiger partial charge in [0.1, 0.15) is 18.5 Å². The Morgan fingerprint density at radius 1 is 1.26 bits per heavy atom. The van der Waals surface area contributed by atoms with E-state index >= 15 is 0 Å². The largest absolute Gasteiger partial charge is 0.489 e. The van der Waals surface area contributed by atoms with E-state index < -0.39 is 0 Å². The fourth-order valence-electron chi connectivity index (χ4n) is 4.00. The number of ether oxygens (including phenoxy) is 2. The molecule has 0 saturated heterocycles. The monoisotopic (exact) mass is 317 g/mol. The summed E-state index contributed by atoms with van der Waals surface area (Å²) in [6, 6.07) is 6.14. The van der Waals surface area contributed by atoms with Gasteiger partial charge in [0.25, 0.3) is 0 Å². The predicted molar refractivity (Wildman–Crippen MR) is 89.7 cm³/mol. The van der Waals surface area contributed by atoms with Crippen LogP contribution in [0.5, 0.6) is 5.75 Å². The number of hydrogen-bond acceptors (Lipinski definition) is 4. The van der Waals surface area contributed by atoms with Gasteiger partial charge < -0.3 is 9.47 Å². The van der Waals surface area contributed by atoms with Gasteiger partial charge in [-0.05, 0) is 49.5 Å². The molecule has 0 bridgehead atoms. The molecule has 4 nitrogen and oxygen atoms in total. The molecular formula is C19H27NO3. The first kappa shape index (κ1) is 16.3. The average molecular weight is 317 g/mol. The molecule has 1 aromatic rings. The van der Waals surface area contributed by atoms with Gasteiger partial charge in [-0.15, -0.1) is 0 Å². The van der Waals surface area contributed by atoms with Crippen LogP contribution in [0.1, 0.15) is 56.5 Å². The number of likely N-dealkylation sites (N-methyl/N-ethyl adjacent to an activating group) is 1. The second kappa shape index (κ2) is 6.16. The van der Waals surface area contributed by atoms with Gasteiger partial charge in [0.15, 0.2) is 0 Å². The SMILES string of the molecule is CCN(CC)[C@@H]1CC(C)(C)C[C@H]1Oc1ccc2c(c1)COC2=O. The minimum atomic E-state index is -0.227. The number of carbonyl (C=O) groups excluding carboxylic acids is 1. The fourth-order valence-corrected chi connectivity index (χ4v) is 4.00. The van der Waals surface area contributed by atoms with Crippen LogP contribution in [0.3, 0.4) is 0 Å². The van der Waals surface area contributed by atoms with Gasteiger partial charge in [-0.25, -0.2) is 4.79 Å². The summed E-state index contributed by atoms with van der Waals surface area (Å²) in [5, 5.41) is 0. The Labute approximate surface area is 138 Å². The second-order valence-corrected chi connectivity index (χ2v) is 7.41. The summed E-state index contributed by atoms with van der Waals surface area (Å²) in [4.78, 5) is 14.1. The van der Waals surface area contributed by atoms with Crippen molar-refractivity contribution >= 4 is 5.97 Å².